The lowest BCUT2D eigenvalue weighted by molar-refractivity contribution is 0.102. The fraction of sp³-hybridized carbons (Fsp3) is 0. The van der Waals surface area contributed by atoms with Gasteiger partial charge in [0, 0.05) is 22.2 Å². The van der Waals surface area contributed by atoms with Crippen molar-refractivity contribution in [2.75, 3.05) is 5.32 Å². The average molecular weight is 321 g/mol. The van der Waals surface area contributed by atoms with E-state index >= 15 is 0 Å². The van der Waals surface area contributed by atoms with Crippen LogP contribution in [0.15, 0.2) is 16.7 Å². The predicted molar refractivity (Wildman–Crippen MR) is 62.6 cm³/mol. The van der Waals surface area contributed by atoms with Gasteiger partial charge in [-0.2, -0.15) is 0 Å². The zero-order chi connectivity index (χ0) is 11.5. The van der Waals surface area contributed by atoms with Crippen LogP contribution in [-0.4, -0.2) is 25.7 Å². The van der Waals surface area contributed by atoms with Gasteiger partial charge in [-0.05, 0) is 27.2 Å². The first-order valence-corrected chi connectivity index (χ1v) is 5.88. The van der Waals surface area contributed by atoms with Crippen LogP contribution >= 0.6 is 39.1 Å². The molecule has 2 heterocycles. The second kappa shape index (κ2) is 4.81. The summed E-state index contributed by atoms with van der Waals surface area (Å²) in [5.74, 6) is -0.405. The SMILES string of the molecule is O=C(Nc1nnns1)c1cc(Br)cnc1Cl. The molecule has 0 spiro atoms. The van der Waals surface area contributed by atoms with Gasteiger partial charge in [-0.15, -0.1) is 0 Å². The highest BCUT2D eigenvalue weighted by Gasteiger charge is 2.13. The third-order valence-electron chi connectivity index (χ3n) is 1.57. The van der Waals surface area contributed by atoms with E-state index in [0.29, 0.717) is 9.60 Å². The molecule has 0 bridgehead atoms. The maximum Gasteiger partial charge on any atom is 0.260 e. The van der Waals surface area contributed by atoms with Crippen LogP contribution in [0.3, 0.4) is 0 Å². The normalized spacial score (nSPS) is 10.1. The van der Waals surface area contributed by atoms with Gasteiger partial charge in [-0.1, -0.05) is 21.2 Å². The summed E-state index contributed by atoms with van der Waals surface area (Å²) in [4.78, 5) is 15.6. The molecule has 0 fully saturated rings. The van der Waals surface area contributed by atoms with E-state index in [1.807, 2.05) is 0 Å². The van der Waals surface area contributed by atoms with Gasteiger partial charge >= 0.3 is 0 Å². The number of aromatic nitrogens is 4. The molecule has 1 amide bonds. The number of halogens is 2. The van der Waals surface area contributed by atoms with E-state index in [2.05, 4.69) is 41.0 Å². The molecule has 0 aliphatic heterocycles. The van der Waals surface area contributed by atoms with E-state index in [0.717, 1.165) is 11.5 Å². The Balaban J connectivity index is 2.24. The fourth-order valence-electron chi connectivity index (χ4n) is 0.928. The lowest BCUT2D eigenvalue weighted by Crippen LogP contribution is -2.12. The van der Waals surface area contributed by atoms with Crippen molar-refractivity contribution in [2.45, 2.75) is 0 Å². The first-order chi connectivity index (χ1) is 7.66. The number of nitrogens with zero attached hydrogens (tertiary/aromatic N) is 4. The van der Waals surface area contributed by atoms with Crippen LogP contribution in [0.2, 0.25) is 5.15 Å². The molecule has 2 aromatic heterocycles. The van der Waals surface area contributed by atoms with Gasteiger partial charge in [-0.25, -0.2) is 4.98 Å². The van der Waals surface area contributed by atoms with Crippen LogP contribution in [0, 0.1) is 0 Å². The topological polar surface area (TPSA) is 80.7 Å². The molecule has 0 atom stereocenters. The molecule has 0 saturated carbocycles. The summed E-state index contributed by atoms with van der Waals surface area (Å²) in [5.41, 5.74) is 0.256. The first-order valence-electron chi connectivity index (χ1n) is 3.94. The highest BCUT2D eigenvalue weighted by Crippen LogP contribution is 2.19. The Hall–Kier alpha value is -1.12. The largest absolute Gasteiger partial charge is 0.295 e. The molecular weight excluding hydrogens is 318 g/mol. The fourth-order valence-corrected chi connectivity index (χ4v) is 1.81. The third-order valence-corrected chi connectivity index (χ3v) is 2.82. The monoisotopic (exact) mass is 319 g/mol. The number of hydrogen-bond donors (Lipinski definition) is 1. The first kappa shape index (κ1) is 11.4. The smallest absolute Gasteiger partial charge is 0.260 e. The summed E-state index contributed by atoms with van der Waals surface area (Å²) >= 11 is 9.97. The van der Waals surface area contributed by atoms with E-state index in [9.17, 15) is 4.79 Å². The van der Waals surface area contributed by atoms with E-state index in [1.165, 1.54) is 6.20 Å². The second-order valence-electron chi connectivity index (χ2n) is 2.61. The minimum absolute atomic E-state index is 0.123. The minimum atomic E-state index is -0.405. The maximum absolute atomic E-state index is 11.7. The third kappa shape index (κ3) is 2.52. The van der Waals surface area contributed by atoms with Crippen molar-refractivity contribution in [3.05, 3.63) is 27.5 Å². The Morgan fingerprint density at radius 3 is 3.06 bits per heavy atom. The molecule has 0 saturated heterocycles. The highest BCUT2D eigenvalue weighted by atomic mass is 79.9. The lowest BCUT2D eigenvalue weighted by Gasteiger charge is -2.02. The Labute approximate surface area is 107 Å². The molecule has 16 heavy (non-hydrogen) atoms. The summed E-state index contributed by atoms with van der Waals surface area (Å²) in [7, 11) is 0. The molecule has 0 aliphatic rings. The van der Waals surface area contributed by atoms with Crippen LogP contribution < -0.4 is 5.32 Å². The number of nitrogens with one attached hydrogen (secondary N) is 1. The molecule has 1 N–H and O–H groups in total. The van der Waals surface area contributed by atoms with Crippen molar-refractivity contribution >= 4 is 50.1 Å². The van der Waals surface area contributed by atoms with Gasteiger partial charge < -0.3 is 0 Å². The average Bonchev–Trinajstić information content (AvgIpc) is 2.74. The summed E-state index contributed by atoms with van der Waals surface area (Å²) in [6.45, 7) is 0. The van der Waals surface area contributed by atoms with Crippen LogP contribution in [0.5, 0.6) is 0 Å². The second-order valence-corrected chi connectivity index (χ2v) is 4.62. The molecule has 6 nitrogen and oxygen atoms in total. The highest BCUT2D eigenvalue weighted by molar-refractivity contribution is 9.10. The number of rotatable bonds is 2. The summed E-state index contributed by atoms with van der Waals surface area (Å²) < 4.78 is 4.18. The molecule has 2 aromatic rings. The summed E-state index contributed by atoms with van der Waals surface area (Å²) in [6.07, 6.45) is 1.51. The van der Waals surface area contributed by atoms with Crippen molar-refractivity contribution in [3.8, 4) is 0 Å². The number of anilines is 1. The quantitative estimate of drug-likeness (QED) is 0.856. The Kier molecular flexibility index (Phi) is 3.42. The van der Waals surface area contributed by atoms with Gasteiger partial charge in [0.05, 0.1) is 5.56 Å². The molecule has 0 aliphatic carbocycles. The molecule has 9 heteroatoms. The van der Waals surface area contributed by atoms with Crippen LogP contribution in [0.1, 0.15) is 10.4 Å². The lowest BCUT2D eigenvalue weighted by atomic mass is 10.3. The van der Waals surface area contributed by atoms with Crippen molar-refractivity contribution in [1.29, 1.82) is 0 Å². The number of carbonyl (C=O) groups excluding carboxylic acids is 1. The van der Waals surface area contributed by atoms with Crippen molar-refractivity contribution < 1.29 is 4.79 Å². The molecular formula is C7H3BrClN5OS. The van der Waals surface area contributed by atoms with Crippen molar-refractivity contribution in [2.24, 2.45) is 0 Å². The molecule has 82 valence electrons. The molecule has 0 radical (unpaired) electrons. The van der Waals surface area contributed by atoms with Crippen molar-refractivity contribution in [3.63, 3.8) is 0 Å². The van der Waals surface area contributed by atoms with Crippen LogP contribution in [0.4, 0.5) is 5.13 Å². The zero-order valence-electron chi connectivity index (χ0n) is 7.52. The molecule has 0 unspecified atom stereocenters. The van der Waals surface area contributed by atoms with Crippen LogP contribution in [0.25, 0.3) is 0 Å². The standard InChI is InChI=1S/C7H3BrClN5OS/c8-3-1-4(5(9)10-2-3)6(15)11-7-12-13-14-16-7/h1-2H,(H,11,12,14,15). The Morgan fingerprint density at radius 2 is 2.38 bits per heavy atom. The van der Waals surface area contributed by atoms with Gasteiger partial charge in [0.25, 0.3) is 5.91 Å². The van der Waals surface area contributed by atoms with Crippen molar-refractivity contribution in [1.82, 2.24) is 19.8 Å². The summed E-state index contributed by atoms with van der Waals surface area (Å²) in [5, 5.41) is 9.87. The summed E-state index contributed by atoms with van der Waals surface area (Å²) in [6, 6.07) is 1.57. The Morgan fingerprint density at radius 1 is 1.56 bits per heavy atom. The zero-order valence-corrected chi connectivity index (χ0v) is 10.7. The number of pyridine rings is 1. The molecule has 0 aromatic carbocycles. The van der Waals surface area contributed by atoms with Gasteiger partial charge in [-0.3, -0.25) is 10.1 Å². The Bertz CT molecular complexity index is 520. The molecule has 2 rings (SSSR count). The van der Waals surface area contributed by atoms with Crippen LogP contribution in [-0.2, 0) is 0 Å². The van der Waals surface area contributed by atoms with Gasteiger partial charge in [0.1, 0.15) is 5.15 Å². The number of carbonyl (C=O) groups is 1. The number of hydrogen-bond acceptors (Lipinski definition) is 6. The minimum Gasteiger partial charge on any atom is -0.295 e. The van der Waals surface area contributed by atoms with E-state index < -0.39 is 5.91 Å². The van der Waals surface area contributed by atoms with E-state index in [-0.39, 0.29) is 10.7 Å². The van der Waals surface area contributed by atoms with Gasteiger partial charge in [0.15, 0.2) is 0 Å². The van der Waals surface area contributed by atoms with Gasteiger partial charge in [0.2, 0.25) is 5.13 Å². The van der Waals surface area contributed by atoms with E-state index in [1.54, 1.807) is 6.07 Å². The maximum atomic E-state index is 11.7. The predicted octanol–water partition coefficient (Wildman–Crippen LogP) is 2.00. The van der Waals surface area contributed by atoms with E-state index in [4.69, 9.17) is 11.6 Å². The number of amides is 1.